The van der Waals surface area contributed by atoms with E-state index in [-0.39, 0.29) is 11.7 Å². The number of nitrogens with zero attached hydrogens (tertiary/aromatic N) is 2. The van der Waals surface area contributed by atoms with Crippen LogP contribution in [0.5, 0.6) is 0 Å². The third-order valence-electron chi connectivity index (χ3n) is 3.06. The highest BCUT2D eigenvalue weighted by molar-refractivity contribution is 7.10. The largest absolute Gasteiger partial charge is 0.373 e. The van der Waals surface area contributed by atoms with E-state index in [2.05, 4.69) is 28.6 Å². The Morgan fingerprint density at radius 3 is 2.76 bits per heavy atom. The number of thiophene rings is 1. The topological polar surface area (TPSA) is 80.1 Å². The summed E-state index contributed by atoms with van der Waals surface area (Å²) in [6.07, 6.45) is 1.96. The van der Waals surface area contributed by atoms with Crippen molar-refractivity contribution in [3.8, 4) is 0 Å². The van der Waals surface area contributed by atoms with Crippen LogP contribution in [0.1, 0.15) is 30.7 Å². The van der Waals surface area contributed by atoms with Crippen molar-refractivity contribution in [2.24, 2.45) is 0 Å². The lowest BCUT2D eigenvalue weighted by atomic mass is 10.1. The van der Waals surface area contributed by atoms with Crippen LogP contribution >= 0.6 is 11.3 Å². The lowest BCUT2D eigenvalue weighted by Gasteiger charge is -2.17. The van der Waals surface area contributed by atoms with Crippen molar-refractivity contribution in [3.05, 3.63) is 44.6 Å². The van der Waals surface area contributed by atoms with Crippen molar-refractivity contribution in [2.45, 2.75) is 25.8 Å². The zero-order valence-corrected chi connectivity index (χ0v) is 12.8. The average Bonchev–Trinajstić information content (AvgIpc) is 3.00. The van der Waals surface area contributed by atoms with Crippen LogP contribution in [0.2, 0.25) is 0 Å². The Morgan fingerprint density at radius 1 is 1.43 bits per heavy atom. The van der Waals surface area contributed by atoms with Crippen LogP contribution in [-0.2, 0) is 0 Å². The molecule has 1 unspecified atom stereocenters. The summed E-state index contributed by atoms with van der Waals surface area (Å²) in [4.78, 5) is 16.1. The molecule has 0 aliphatic carbocycles. The van der Waals surface area contributed by atoms with E-state index >= 15 is 0 Å². The predicted octanol–water partition coefficient (Wildman–Crippen LogP) is 4.05. The molecule has 0 spiro atoms. The first-order valence-electron chi connectivity index (χ1n) is 6.78. The van der Waals surface area contributed by atoms with Gasteiger partial charge in [0.25, 0.3) is 5.69 Å². The zero-order valence-electron chi connectivity index (χ0n) is 12.0. The average molecular weight is 306 g/mol. The summed E-state index contributed by atoms with van der Waals surface area (Å²) in [7, 11) is 1.69. The van der Waals surface area contributed by atoms with E-state index in [1.807, 2.05) is 11.4 Å². The molecular formula is C14H18N4O2S. The minimum absolute atomic E-state index is 0.0262. The molecule has 0 saturated heterocycles. The molecule has 0 bridgehead atoms. The van der Waals surface area contributed by atoms with Crippen LogP contribution in [0.25, 0.3) is 0 Å². The van der Waals surface area contributed by atoms with Crippen LogP contribution in [0.15, 0.2) is 29.6 Å². The van der Waals surface area contributed by atoms with Gasteiger partial charge in [-0.15, -0.1) is 11.3 Å². The minimum Gasteiger partial charge on any atom is -0.373 e. The van der Waals surface area contributed by atoms with Gasteiger partial charge in [0.1, 0.15) is 11.6 Å². The van der Waals surface area contributed by atoms with Crippen LogP contribution in [0.4, 0.5) is 17.3 Å². The van der Waals surface area contributed by atoms with Gasteiger partial charge in [0, 0.05) is 11.9 Å². The maximum atomic E-state index is 11.0. The number of nitro groups is 1. The van der Waals surface area contributed by atoms with Gasteiger partial charge in [-0.25, -0.2) is 4.98 Å². The lowest BCUT2D eigenvalue weighted by molar-refractivity contribution is -0.384. The van der Waals surface area contributed by atoms with Crippen molar-refractivity contribution in [1.82, 2.24) is 4.98 Å². The highest BCUT2D eigenvalue weighted by Crippen LogP contribution is 2.29. The highest BCUT2D eigenvalue weighted by atomic mass is 32.1. The number of pyridine rings is 1. The quantitative estimate of drug-likeness (QED) is 0.596. The fourth-order valence-corrected chi connectivity index (χ4v) is 2.88. The molecule has 2 aromatic rings. The molecule has 2 heterocycles. The van der Waals surface area contributed by atoms with Crippen molar-refractivity contribution in [2.75, 3.05) is 17.7 Å². The molecule has 0 radical (unpaired) electrons. The number of aromatic nitrogens is 1. The Labute approximate surface area is 127 Å². The number of hydrogen-bond donors (Lipinski definition) is 2. The minimum atomic E-state index is -0.409. The maximum absolute atomic E-state index is 11.0. The van der Waals surface area contributed by atoms with E-state index in [4.69, 9.17) is 0 Å². The fourth-order valence-electron chi connectivity index (χ4n) is 2.07. The Morgan fingerprint density at radius 2 is 2.19 bits per heavy atom. The summed E-state index contributed by atoms with van der Waals surface area (Å²) in [5, 5.41) is 19.2. The molecule has 2 rings (SSSR count). The van der Waals surface area contributed by atoms with E-state index in [9.17, 15) is 10.1 Å². The standard InChI is InChI=1S/C14H18N4O2S/c1-3-5-11(12-6-4-7-21-12)16-14-9-10(18(19)20)8-13(15-2)17-14/h4,6-9,11H,3,5H2,1-2H3,(H2,15,16,17). The van der Waals surface area contributed by atoms with Crippen molar-refractivity contribution < 1.29 is 4.92 Å². The van der Waals surface area contributed by atoms with E-state index in [1.54, 1.807) is 18.4 Å². The molecule has 7 heteroatoms. The second kappa shape index (κ2) is 7.03. The first-order valence-corrected chi connectivity index (χ1v) is 7.66. The molecular weight excluding hydrogens is 288 g/mol. The zero-order chi connectivity index (χ0) is 15.2. The van der Waals surface area contributed by atoms with Gasteiger partial charge in [-0.3, -0.25) is 10.1 Å². The summed E-state index contributed by atoms with van der Waals surface area (Å²) in [5.74, 6) is 0.994. The molecule has 0 saturated carbocycles. The third-order valence-corrected chi connectivity index (χ3v) is 4.05. The second-order valence-corrected chi connectivity index (χ2v) is 5.58. The van der Waals surface area contributed by atoms with Crippen LogP contribution in [0, 0.1) is 10.1 Å². The molecule has 2 N–H and O–H groups in total. The Balaban J connectivity index is 2.27. The maximum Gasteiger partial charge on any atom is 0.276 e. The van der Waals surface area contributed by atoms with Gasteiger partial charge in [-0.2, -0.15) is 0 Å². The molecule has 0 amide bonds. The molecule has 0 aliphatic rings. The third kappa shape index (κ3) is 3.91. The number of anilines is 2. The number of rotatable bonds is 7. The van der Waals surface area contributed by atoms with Crippen molar-refractivity contribution in [1.29, 1.82) is 0 Å². The number of nitrogens with one attached hydrogen (secondary N) is 2. The van der Waals surface area contributed by atoms with Gasteiger partial charge in [-0.05, 0) is 17.9 Å². The van der Waals surface area contributed by atoms with Gasteiger partial charge < -0.3 is 10.6 Å². The normalized spacial score (nSPS) is 11.9. The van der Waals surface area contributed by atoms with E-state index < -0.39 is 4.92 Å². The molecule has 112 valence electrons. The molecule has 2 aromatic heterocycles. The predicted molar refractivity (Wildman–Crippen MR) is 86.0 cm³/mol. The SMILES string of the molecule is CCCC(Nc1cc([N+](=O)[O-])cc(NC)n1)c1cccs1. The van der Waals surface area contributed by atoms with Gasteiger partial charge in [0.05, 0.1) is 23.1 Å². The monoisotopic (exact) mass is 306 g/mol. The summed E-state index contributed by atoms with van der Waals surface area (Å²) in [5.41, 5.74) is 0.0262. The van der Waals surface area contributed by atoms with Crippen molar-refractivity contribution >= 4 is 28.7 Å². The Bertz CT molecular complexity index is 601. The Hall–Kier alpha value is -2.15. The van der Waals surface area contributed by atoms with E-state index in [1.165, 1.54) is 17.0 Å². The van der Waals surface area contributed by atoms with Gasteiger partial charge in [0.15, 0.2) is 0 Å². The molecule has 0 aromatic carbocycles. The van der Waals surface area contributed by atoms with E-state index in [0.717, 1.165) is 12.8 Å². The molecule has 0 aliphatic heterocycles. The van der Waals surface area contributed by atoms with E-state index in [0.29, 0.717) is 11.6 Å². The summed E-state index contributed by atoms with van der Waals surface area (Å²) < 4.78 is 0. The molecule has 0 fully saturated rings. The second-order valence-electron chi connectivity index (χ2n) is 4.60. The first kappa shape index (κ1) is 15.2. The van der Waals surface area contributed by atoms with Gasteiger partial charge in [0.2, 0.25) is 0 Å². The summed E-state index contributed by atoms with van der Waals surface area (Å²) in [6.45, 7) is 2.11. The van der Waals surface area contributed by atoms with Crippen LogP contribution in [0.3, 0.4) is 0 Å². The molecule has 6 nitrogen and oxygen atoms in total. The molecule has 1 atom stereocenters. The Kier molecular flexibility index (Phi) is 5.10. The summed E-state index contributed by atoms with van der Waals surface area (Å²) in [6, 6.07) is 7.08. The summed E-state index contributed by atoms with van der Waals surface area (Å²) >= 11 is 1.67. The first-order chi connectivity index (χ1) is 10.1. The number of hydrogen-bond acceptors (Lipinski definition) is 6. The van der Waals surface area contributed by atoms with Gasteiger partial charge >= 0.3 is 0 Å². The van der Waals surface area contributed by atoms with Crippen molar-refractivity contribution in [3.63, 3.8) is 0 Å². The van der Waals surface area contributed by atoms with Crippen LogP contribution in [-0.4, -0.2) is 17.0 Å². The lowest BCUT2D eigenvalue weighted by Crippen LogP contribution is -2.11. The molecule has 21 heavy (non-hydrogen) atoms. The fraction of sp³-hybridized carbons (Fsp3) is 0.357. The highest BCUT2D eigenvalue weighted by Gasteiger charge is 2.16. The van der Waals surface area contributed by atoms with Gasteiger partial charge in [-0.1, -0.05) is 19.4 Å². The van der Waals surface area contributed by atoms with Crippen LogP contribution < -0.4 is 10.6 Å². The smallest absolute Gasteiger partial charge is 0.276 e.